The van der Waals surface area contributed by atoms with Crippen molar-refractivity contribution in [2.75, 3.05) is 45.9 Å². The molecular weight excluding hydrogens is 242 g/mol. The summed E-state index contributed by atoms with van der Waals surface area (Å²) < 4.78 is 5.38. The minimum atomic E-state index is 0.327. The number of rotatable bonds is 6. The van der Waals surface area contributed by atoms with Crippen molar-refractivity contribution < 1.29 is 9.53 Å². The number of carbonyl (C=O) groups excluding carboxylic acids is 1. The summed E-state index contributed by atoms with van der Waals surface area (Å²) in [4.78, 5) is 16.6. The molecule has 1 unspecified atom stereocenters. The number of amides is 1. The molecule has 0 aliphatic carbocycles. The van der Waals surface area contributed by atoms with Crippen LogP contribution in [0, 0.1) is 0 Å². The molecule has 5 heteroatoms. The van der Waals surface area contributed by atoms with Gasteiger partial charge in [0, 0.05) is 38.6 Å². The summed E-state index contributed by atoms with van der Waals surface area (Å²) in [6.07, 6.45) is 4.89. The van der Waals surface area contributed by atoms with Crippen LogP contribution in [0.5, 0.6) is 0 Å². The smallest absolute Gasteiger partial charge is 0.222 e. The lowest BCUT2D eigenvalue weighted by Gasteiger charge is -2.32. The largest absolute Gasteiger partial charge is 0.379 e. The highest BCUT2D eigenvalue weighted by Gasteiger charge is 2.30. The second-order valence-corrected chi connectivity index (χ2v) is 5.53. The maximum absolute atomic E-state index is 12.1. The van der Waals surface area contributed by atoms with E-state index >= 15 is 0 Å². The zero-order chi connectivity index (χ0) is 13.5. The average molecular weight is 269 g/mol. The van der Waals surface area contributed by atoms with Crippen LogP contribution in [0.25, 0.3) is 0 Å². The van der Waals surface area contributed by atoms with Crippen molar-refractivity contribution in [3.8, 4) is 0 Å². The Hall–Kier alpha value is -0.650. The summed E-state index contributed by atoms with van der Waals surface area (Å²) in [7, 11) is 0. The molecule has 1 atom stereocenters. The normalized spacial score (nSPS) is 24.9. The van der Waals surface area contributed by atoms with E-state index in [1.807, 2.05) is 4.90 Å². The second-order valence-electron chi connectivity index (χ2n) is 5.53. The zero-order valence-corrected chi connectivity index (χ0v) is 11.9. The molecule has 0 saturated carbocycles. The van der Waals surface area contributed by atoms with E-state index < -0.39 is 0 Å². The van der Waals surface area contributed by atoms with E-state index in [0.717, 1.165) is 71.6 Å². The first-order valence-electron chi connectivity index (χ1n) is 7.61. The van der Waals surface area contributed by atoms with Crippen LogP contribution in [0.1, 0.15) is 32.1 Å². The van der Waals surface area contributed by atoms with Gasteiger partial charge >= 0.3 is 0 Å². The van der Waals surface area contributed by atoms with Crippen LogP contribution >= 0.6 is 0 Å². The molecule has 2 saturated heterocycles. The van der Waals surface area contributed by atoms with E-state index in [-0.39, 0.29) is 0 Å². The molecule has 2 fully saturated rings. The number of likely N-dealkylation sites (tertiary alicyclic amines) is 1. The Morgan fingerprint density at radius 2 is 1.95 bits per heavy atom. The van der Waals surface area contributed by atoms with Gasteiger partial charge in [0.25, 0.3) is 0 Å². The van der Waals surface area contributed by atoms with Crippen LogP contribution in [0.15, 0.2) is 0 Å². The van der Waals surface area contributed by atoms with Crippen molar-refractivity contribution in [1.29, 1.82) is 0 Å². The fourth-order valence-electron chi connectivity index (χ4n) is 2.96. The van der Waals surface area contributed by atoms with Gasteiger partial charge in [0.05, 0.1) is 13.2 Å². The maximum Gasteiger partial charge on any atom is 0.222 e. The third kappa shape index (κ3) is 4.44. The lowest BCUT2D eigenvalue weighted by molar-refractivity contribution is -0.130. The molecule has 0 aromatic rings. The number of ether oxygens (including phenoxy) is 1. The van der Waals surface area contributed by atoms with Crippen molar-refractivity contribution in [3.63, 3.8) is 0 Å². The van der Waals surface area contributed by atoms with Gasteiger partial charge in [-0.25, -0.2) is 0 Å². The molecule has 0 bridgehead atoms. The summed E-state index contributed by atoms with van der Waals surface area (Å²) in [6.45, 7) is 6.28. The predicted octanol–water partition coefficient (Wildman–Crippen LogP) is 0.439. The average Bonchev–Trinajstić information content (AvgIpc) is 2.94. The monoisotopic (exact) mass is 269 g/mol. The topological polar surface area (TPSA) is 58.8 Å². The van der Waals surface area contributed by atoms with Gasteiger partial charge in [-0.2, -0.15) is 0 Å². The van der Waals surface area contributed by atoms with E-state index in [9.17, 15) is 4.79 Å². The Labute approximate surface area is 116 Å². The van der Waals surface area contributed by atoms with E-state index in [1.165, 1.54) is 0 Å². The van der Waals surface area contributed by atoms with Gasteiger partial charge in [0.1, 0.15) is 0 Å². The lowest BCUT2D eigenvalue weighted by Crippen LogP contribution is -2.45. The first-order valence-corrected chi connectivity index (χ1v) is 7.61. The van der Waals surface area contributed by atoms with Crippen molar-refractivity contribution >= 4 is 5.91 Å². The predicted molar refractivity (Wildman–Crippen MR) is 74.9 cm³/mol. The van der Waals surface area contributed by atoms with Gasteiger partial charge in [-0.15, -0.1) is 0 Å². The molecule has 2 N–H and O–H groups in total. The second kappa shape index (κ2) is 7.82. The highest BCUT2D eigenvalue weighted by molar-refractivity contribution is 5.76. The minimum Gasteiger partial charge on any atom is -0.379 e. The molecule has 0 aromatic heterocycles. The summed E-state index contributed by atoms with van der Waals surface area (Å²) in [5.74, 6) is 0.327. The fourth-order valence-corrected chi connectivity index (χ4v) is 2.96. The SMILES string of the molecule is NCCCCCC(=O)N1CCC(N2CCOCC2)C1. The van der Waals surface area contributed by atoms with Crippen LogP contribution in [-0.4, -0.2) is 67.7 Å². The van der Waals surface area contributed by atoms with E-state index in [2.05, 4.69) is 4.90 Å². The number of unbranched alkanes of at least 4 members (excludes halogenated alkanes) is 2. The van der Waals surface area contributed by atoms with Gasteiger partial charge in [-0.3, -0.25) is 9.69 Å². The molecule has 1 amide bonds. The fraction of sp³-hybridized carbons (Fsp3) is 0.929. The van der Waals surface area contributed by atoms with Gasteiger partial charge in [0.2, 0.25) is 5.91 Å². The molecule has 0 aromatic carbocycles. The van der Waals surface area contributed by atoms with Crippen LogP contribution in [0.3, 0.4) is 0 Å². The summed E-state index contributed by atoms with van der Waals surface area (Å²) in [5.41, 5.74) is 5.46. The molecule has 19 heavy (non-hydrogen) atoms. The minimum absolute atomic E-state index is 0.327. The zero-order valence-electron chi connectivity index (χ0n) is 11.9. The number of hydrogen-bond acceptors (Lipinski definition) is 4. The van der Waals surface area contributed by atoms with Crippen LogP contribution in [0.2, 0.25) is 0 Å². The number of nitrogens with zero attached hydrogens (tertiary/aromatic N) is 2. The quantitative estimate of drug-likeness (QED) is 0.711. The first-order chi connectivity index (χ1) is 9.31. The molecular formula is C14H27N3O2. The molecule has 5 nitrogen and oxygen atoms in total. The third-order valence-corrected chi connectivity index (χ3v) is 4.17. The Bertz CT molecular complexity index is 280. The standard InChI is InChI=1S/C14H27N3O2/c15-6-3-1-2-4-14(18)17-7-5-13(12-17)16-8-10-19-11-9-16/h13H,1-12,15H2. The number of nitrogens with two attached hydrogens (primary N) is 1. The van der Waals surface area contributed by atoms with Crippen molar-refractivity contribution in [1.82, 2.24) is 9.80 Å². The van der Waals surface area contributed by atoms with Crippen LogP contribution in [0.4, 0.5) is 0 Å². The molecule has 110 valence electrons. The van der Waals surface area contributed by atoms with E-state index in [1.54, 1.807) is 0 Å². The number of carbonyl (C=O) groups is 1. The molecule has 0 radical (unpaired) electrons. The summed E-state index contributed by atoms with van der Waals surface area (Å²) in [5, 5.41) is 0. The molecule has 0 spiro atoms. The van der Waals surface area contributed by atoms with Crippen LogP contribution < -0.4 is 5.73 Å². The molecule has 2 aliphatic rings. The Balaban J connectivity index is 1.67. The van der Waals surface area contributed by atoms with Crippen molar-refractivity contribution in [2.24, 2.45) is 5.73 Å². The van der Waals surface area contributed by atoms with E-state index in [0.29, 0.717) is 18.4 Å². The van der Waals surface area contributed by atoms with Crippen LogP contribution in [-0.2, 0) is 9.53 Å². The lowest BCUT2D eigenvalue weighted by atomic mass is 10.2. The number of hydrogen-bond donors (Lipinski definition) is 1. The van der Waals surface area contributed by atoms with Gasteiger partial charge in [-0.1, -0.05) is 6.42 Å². The Morgan fingerprint density at radius 1 is 1.16 bits per heavy atom. The van der Waals surface area contributed by atoms with Crippen molar-refractivity contribution in [3.05, 3.63) is 0 Å². The van der Waals surface area contributed by atoms with Gasteiger partial charge in [-0.05, 0) is 25.8 Å². The maximum atomic E-state index is 12.1. The molecule has 2 rings (SSSR count). The van der Waals surface area contributed by atoms with Gasteiger partial charge < -0.3 is 15.4 Å². The summed E-state index contributed by atoms with van der Waals surface area (Å²) >= 11 is 0. The Morgan fingerprint density at radius 3 is 2.68 bits per heavy atom. The van der Waals surface area contributed by atoms with E-state index in [4.69, 9.17) is 10.5 Å². The number of morpholine rings is 1. The molecule has 2 heterocycles. The highest BCUT2D eigenvalue weighted by atomic mass is 16.5. The molecule has 2 aliphatic heterocycles. The highest BCUT2D eigenvalue weighted by Crippen LogP contribution is 2.18. The Kier molecular flexibility index (Phi) is 6.07. The first kappa shape index (κ1) is 14.8. The third-order valence-electron chi connectivity index (χ3n) is 4.17. The summed E-state index contributed by atoms with van der Waals surface area (Å²) in [6, 6.07) is 0.553. The van der Waals surface area contributed by atoms with Crippen molar-refractivity contribution in [2.45, 2.75) is 38.1 Å². The van der Waals surface area contributed by atoms with Gasteiger partial charge in [0.15, 0.2) is 0 Å².